The third-order valence-corrected chi connectivity index (χ3v) is 3.68. The fourth-order valence-corrected chi connectivity index (χ4v) is 2.31. The van der Waals surface area contributed by atoms with Gasteiger partial charge >= 0.3 is 0 Å². The van der Waals surface area contributed by atoms with Crippen LogP contribution in [0.3, 0.4) is 0 Å². The molecule has 0 aliphatic heterocycles. The van der Waals surface area contributed by atoms with Gasteiger partial charge in [-0.2, -0.15) is 5.26 Å². The van der Waals surface area contributed by atoms with E-state index in [1.165, 1.54) is 12.1 Å². The molecule has 114 valence electrons. The normalized spacial score (nSPS) is 10.3. The summed E-state index contributed by atoms with van der Waals surface area (Å²) in [6.45, 7) is 0. The molecule has 0 atom stereocenters. The molecular weight excluding hydrogens is 356 g/mol. The molecule has 4 nitrogen and oxygen atoms in total. The molecule has 0 bridgehead atoms. The van der Waals surface area contributed by atoms with Gasteiger partial charge in [-0.15, -0.1) is 0 Å². The summed E-state index contributed by atoms with van der Waals surface area (Å²) in [5.41, 5.74) is 1.40. The second kappa shape index (κ2) is 7.52. The van der Waals surface area contributed by atoms with E-state index in [9.17, 15) is 9.59 Å². The number of ketones is 1. The first-order valence-electron chi connectivity index (χ1n) is 6.79. The van der Waals surface area contributed by atoms with Crippen molar-refractivity contribution >= 4 is 33.5 Å². The first-order chi connectivity index (χ1) is 11.0. The highest BCUT2D eigenvalue weighted by molar-refractivity contribution is 9.10. The van der Waals surface area contributed by atoms with E-state index in [-0.39, 0.29) is 16.8 Å². The molecule has 0 amide bonds. The molecule has 0 fully saturated rings. The van der Waals surface area contributed by atoms with Crippen molar-refractivity contribution in [2.45, 2.75) is 0 Å². The number of nitrogens with zero attached hydrogens (tertiary/aromatic N) is 1. The van der Waals surface area contributed by atoms with Crippen LogP contribution in [0.5, 0.6) is 0 Å². The molecule has 2 aromatic carbocycles. The Labute approximate surface area is 142 Å². The Morgan fingerprint density at radius 3 is 2.52 bits per heavy atom. The molecule has 0 radical (unpaired) electrons. The van der Waals surface area contributed by atoms with E-state index in [0.29, 0.717) is 15.7 Å². The van der Waals surface area contributed by atoms with Crippen molar-refractivity contribution in [1.29, 1.82) is 5.26 Å². The van der Waals surface area contributed by atoms with Crippen molar-refractivity contribution in [3.05, 3.63) is 79.9 Å². The van der Waals surface area contributed by atoms with Crippen LogP contribution in [-0.2, 0) is 0 Å². The predicted octanol–water partition coefficient (Wildman–Crippen LogP) is 3.62. The minimum absolute atomic E-state index is 0.0797. The number of nitriles is 1. The lowest BCUT2D eigenvalue weighted by Gasteiger charge is -1.96. The number of anilines is 1. The van der Waals surface area contributed by atoms with Gasteiger partial charge in [0, 0.05) is 11.5 Å². The lowest BCUT2D eigenvalue weighted by Crippen LogP contribution is -2.14. The molecule has 0 saturated carbocycles. The maximum absolute atomic E-state index is 12.3. The van der Waals surface area contributed by atoms with E-state index in [2.05, 4.69) is 21.2 Å². The minimum Gasteiger partial charge on any atom is -0.385 e. The molecule has 2 rings (SSSR count). The molecule has 0 saturated heterocycles. The molecule has 0 heterocycles. The Hall–Kier alpha value is -2.71. The summed E-state index contributed by atoms with van der Waals surface area (Å²) in [7, 11) is 1.63. The molecule has 5 heteroatoms. The number of carbonyl (C=O) groups excluding carboxylic acids is 1. The zero-order valence-electron chi connectivity index (χ0n) is 12.3. The van der Waals surface area contributed by atoms with E-state index in [1.807, 2.05) is 6.07 Å². The van der Waals surface area contributed by atoms with Gasteiger partial charge in [0.2, 0.25) is 5.43 Å². The molecular formula is C18H13BrN2O2. The second-order valence-corrected chi connectivity index (χ2v) is 5.62. The van der Waals surface area contributed by atoms with Crippen molar-refractivity contribution in [2.24, 2.45) is 0 Å². The molecule has 0 aliphatic rings. The highest BCUT2D eigenvalue weighted by atomic mass is 79.9. The summed E-state index contributed by atoms with van der Waals surface area (Å²) in [6, 6.07) is 13.7. The van der Waals surface area contributed by atoms with Gasteiger partial charge in [0.05, 0.1) is 22.9 Å². The number of nitrogens with one attached hydrogen (secondary N) is 1. The van der Waals surface area contributed by atoms with Crippen LogP contribution >= 0.6 is 15.9 Å². The van der Waals surface area contributed by atoms with Gasteiger partial charge in [0.1, 0.15) is 0 Å². The molecule has 23 heavy (non-hydrogen) atoms. The average molecular weight is 369 g/mol. The predicted molar refractivity (Wildman–Crippen MR) is 94.5 cm³/mol. The molecule has 1 N–H and O–H groups in total. The Balaban J connectivity index is 2.36. The highest BCUT2D eigenvalue weighted by Gasteiger charge is 2.10. The highest BCUT2D eigenvalue weighted by Crippen LogP contribution is 2.13. The van der Waals surface area contributed by atoms with Crippen molar-refractivity contribution in [3.8, 4) is 6.07 Å². The van der Waals surface area contributed by atoms with Gasteiger partial charge in [-0.3, -0.25) is 9.59 Å². The maximum atomic E-state index is 12.3. The monoisotopic (exact) mass is 368 g/mol. The van der Waals surface area contributed by atoms with E-state index < -0.39 is 0 Å². The zero-order valence-corrected chi connectivity index (χ0v) is 13.9. The quantitative estimate of drug-likeness (QED) is 0.660. The van der Waals surface area contributed by atoms with Gasteiger partial charge in [-0.05, 0) is 42.0 Å². The van der Waals surface area contributed by atoms with Crippen LogP contribution in [0.25, 0.3) is 6.08 Å². The lowest BCUT2D eigenvalue weighted by molar-refractivity contribution is 0.104. The lowest BCUT2D eigenvalue weighted by atomic mass is 10.1. The fourth-order valence-electron chi connectivity index (χ4n) is 1.95. The first-order valence-corrected chi connectivity index (χ1v) is 7.58. The van der Waals surface area contributed by atoms with E-state index >= 15 is 0 Å². The van der Waals surface area contributed by atoms with Crippen LogP contribution in [0.2, 0.25) is 0 Å². The summed E-state index contributed by atoms with van der Waals surface area (Å²) in [6.07, 6.45) is 2.97. The first kappa shape index (κ1) is 16.7. The van der Waals surface area contributed by atoms with Crippen molar-refractivity contribution < 1.29 is 4.79 Å². The van der Waals surface area contributed by atoms with Gasteiger partial charge in [0.25, 0.3) is 0 Å². The van der Waals surface area contributed by atoms with E-state index in [1.54, 1.807) is 49.5 Å². The van der Waals surface area contributed by atoms with Crippen LogP contribution in [0.15, 0.2) is 57.8 Å². The van der Waals surface area contributed by atoms with E-state index in [4.69, 9.17) is 5.26 Å². The third-order valence-electron chi connectivity index (χ3n) is 3.18. The Bertz CT molecular complexity index is 866. The smallest absolute Gasteiger partial charge is 0.212 e. The molecule has 0 unspecified atom stereocenters. The summed E-state index contributed by atoms with van der Waals surface area (Å²) < 4.78 is 0.645. The SMILES string of the molecule is CNc1ccc(Br)cc(C(=O)/C=C/c2ccc(C#N)cc2)c1=O. The average Bonchev–Trinajstić information content (AvgIpc) is 2.72. The number of hydrogen-bond donors (Lipinski definition) is 1. The van der Waals surface area contributed by atoms with Crippen LogP contribution in [0.4, 0.5) is 5.69 Å². The van der Waals surface area contributed by atoms with Crippen LogP contribution in [-0.4, -0.2) is 12.8 Å². The van der Waals surface area contributed by atoms with Gasteiger partial charge < -0.3 is 5.32 Å². The summed E-state index contributed by atoms with van der Waals surface area (Å²) >= 11 is 3.30. The van der Waals surface area contributed by atoms with Crippen molar-refractivity contribution in [2.75, 3.05) is 12.4 Å². The Morgan fingerprint density at radius 2 is 1.91 bits per heavy atom. The van der Waals surface area contributed by atoms with Gasteiger partial charge in [0.15, 0.2) is 5.78 Å². The molecule has 2 aromatic rings. The van der Waals surface area contributed by atoms with Gasteiger partial charge in [-0.1, -0.05) is 34.1 Å². The summed E-state index contributed by atoms with van der Waals surface area (Å²) in [5.74, 6) is -0.382. The summed E-state index contributed by atoms with van der Waals surface area (Å²) in [5, 5.41) is 11.5. The number of rotatable bonds is 4. The minimum atomic E-state index is -0.382. The number of halogens is 1. The molecule has 0 spiro atoms. The van der Waals surface area contributed by atoms with Crippen molar-refractivity contribution in [1.82, 2.24) is 0 Å². The number of carbonyl (C=O) groups is 1. The van der Waals surface area contributed by atoms with Crippen LogP contribution in [0, 0.1) is 11.3 Å². The number of allylic oxidation sites excluding steroid dienone is 1. The van der Waals surface area contributed by atoms with E-state index in [0.717, 1.165) is 5.56 Å². The molecule has 0 aliphatic carbocycles. The summed E-state index contributed by atoms with van der Waals surface area (Å²) in [4.78, 5) is 24.6. The Kier molecular flexibility index (Phi) is 5.45. The molecule has 0 aromatic heterocycles. The number of hydrogen-bond acceptors (Lipinski definition) is 4. The maximum Gasteiger partial charge on any atom is 0.212 e. The zero-order chi connectivity index (χ0) is 16.8. The standard InChI is InChI=1S/C18H13BrN2O2/c1-21-16-8-7-14(19)10-15(18(16)23)17(22)9-6-12-2-4-13(11-20)5-3-12/h2-10H,1H3,(H,21,23)/b9-6+. The van der Waals surface area contributed by atoms with Crippen molar-refractivity contribution in [3.63, 3.8) is 0 Å². The number of benzene rings is 1. The van der Waals surface area contributed by atoms with Crippen LogP contribution in [0.1, 0.15) is 21.5 Å². The van der Waals surface area contributed by atoms with Gasteiger partial charge in [-0.25, -0.2) is 0 Å². The fraction of sp³-hybridized carbons (Fsp3) is 0.0556. The largest absolute Gasteiger partial charge is 0.385 e. The second-order valence-electron chi connectivity index (χ2n) is 4.70. The van der Waals surface area contributed by atoms with Crippen LogP contribution < -0.4 is 10.7 Å². The third kappa shape index (κ3) is 4.15. The Morgan fingerprint density at radius 1 is 1.22 bits per heavy atom. The topological polar surface area (TPSA) is 70.0 Å².